The summed E-state index contributed by atoms with van der Waals surface area (Å²) >= 11 is 0. The van der Waals surface area contributed by atoms with E-state index in [9.17, 15) is 4.79 Å². The first-order valence-electron chi connectivity index (χ1n) is 7.52. The van der Waals surface area contributed by atoms with Crippen molar-refractivity contribution in [3.05, 3.63) is 23.9 Å². The van der Waals surface area contributed by atoms with Gasteiger partial charge in [0.25, 0.3) is 0 Å². The van der Waals surface area contributed by atoms with Crippen molar-refractivity contribution < 1.29 is 9.53 Å². The maximum absolute atomic E-state index is 12.0. The van der Waals surface area contributed by atoms with Crippen LogP contribution in [0.25, 0.3) is 0 Å². The van der Waals surface area contributed by atoms with Crippen molar-refractivity contribution in [2.75, 3.05) is 11.9 Å². The molecule has 1 aromatic heterocycles. The van der Waals surface area contributed by atoms with E-state index >= 15 is 0 Å². The van der Waals surface area contributed by atoms with Gasteiger partial charge in [0.15, 0.2) is 0 Å². The smallest absolute Gasteiger partial charge is 0.341 e. The third kappa shape index (κ3) is 3.30. The lowest BCUT2D eigenvalue weighted by molar-refractivity contribution is 0.0527. The molecule has 4 heteroatoms. The zero-order valence-corrected chi connectivity index (χ0v) is 12.6. The Morgan fingerprint density at radius 1 is 1.45 bits per heavy atom. The summed E-state index contributed by atoms with van der Waals surface area (Å²) in [6.07, 6.45) is 5.35. The van der Waals surface area contributed by atoms with Crippen LogP contribution in [0.3, 0.4) is 0 Å². The minimum absolute atomic E-state index is 0.306. The van der Waals surface area contributed by atoms with Crippen molar-refractivity contribution in [2.45, 2.75) is 46.1 Å². The Labute approximate surface area is 120 Å². The number of ether oxygens (including phenoxy) is 1. The first kappa shape index (κ1) is 14.8. The van der Waals surface area contributed by atoms with E-state index in [1.165, 1.54) is 12.8 Å². The topological polar surface area (TPSA) is 51.2 Å². The van der Waals surface area contributed by atoms with E-state index in [0.29, 0.717) is 35.9 Å². The Morgan fingerprint density at radius 3 is 3.00 bits per heavy atom. The van der Waals surface area contributed by atoms with Crippen LogP contribution in [0.1, 0.15) is 50.4 Å². The molecule has 1 heterocycles. The molecule has 1 saturated carbocycles. The zero-order chi connectivity index (χ0) is 14.5. The summed E-state index contributed by atoms with van der Waals surface area (Å²) in [5, 5.41) is 3.46. The lowest BCUT2D eigenvalue weighted by atomic mass is 9.78. The third-order valence-electron chi connectivity index (χ3n) is 4.33. The highest BCUT2D eigenvalue weighted by Gasteiger charge is 2.28. The summed E-state index contributed by atoms with van der Waals surface area (Å²) < 4.78 is 5.09. The fraction of sp³-hybridized carbons (Fsp3) is 0.625. The van der Waals surface area contributed by atoms with Crippen LogP contribution in [0.4, 0.5) is 5.82 Å². The highest BCUT2D eigenvalue weighted by Crippen LogP contribution is 2.31. The van der Waals surface area contributed by atoms with Gasteiger partial charge in [-0.1, -0.05) is 26.7 Å². The lowest BCUT2D eigenvalue weighted by Gasteiger charge is -2.35. The van der Waals surface area contributed by atoms with Gasteiger partial charge in [-0.15, -0.1) is 0 Å². The maximum atomic E-state index is 12.0. The highest BCUT2D eigenvalue weighted by molar-refractivity contribution is 5.94. The van der Waals surface area contributed by atoms with E-state index < -0.39 is 0 Å². The van der Waals surface area contributed by atoms with Crippen molar-refractivity contribution in [3.63, 3.8) is 0 Å². The SMILES string of the molecule is CCOC(=O)c1cccnc1NC1CCCC(C)C1C. The van der Waals surface area contributed by atoms with Crippen molar-refractivity contribution in [3.8, 4) is 0 Å². The minimum atomic E-state index is -0.306. The van der Waals surface area contributed by atoms with Crippen LogP contribution in [0.15, 0.2) is 18.3 Å². The number of nitrogens with zero attached hydrogens (tertiary/aromatic N) is 1. The molecule has 1 aromatic rings. The Morgan fingerprint density at radius 2 is 2.25 bits per heavy atom. The number of hydrogen-bond donors (Lipinski definition) is 1. The van der Waals surface area contributed by atoms with Crippen LogP contribution in [0, 0.1) is 11.8 Å². The van der Waals surface area contributed by atoms with Gasteiger partial charge >= 0.3 is 5.97 Å². The Balaban J connectivity index is 2.14. The number of hydrogen-bond acceptors (Lipinski definition) is 4. The third-order valence-corrected chi connectivity index (χ3v) is 4.33. The molecule has 1 fully saturated rings. The number of esters is 1. The second kappa shape index (κ2) is 6.73. The molecular formula is C16H24N2O2. The molecule has 2 rings (SSSR count). The molecule has 20 heavy (non-hydrogen) atoms. The average Bonchev–Trinajstić information content (AvgIpc) is 2.45. The van der Waals surface area contributed by atoms with Gasteiger partial charge in [-0.05, 0) is 37.3 Å². The maximum Gasteiger partial charge on any atom is 0.341 e. The summed E-state index contributed by atoms with van der Waals surface area (Å²) in [6, 6.07) is 3.91. The summed E-state index contributed by atoms with van der Waals surface area (Å²) in [6.45, 7) is 6.76. The van der Waals surface area contributed by atoms with Gasteiger partial charge in [0, 0.05) is 12.2 Å². The lowest BCUT2D eigenvalue weighted by Crippen LogP contribution is -2.35. The summed E-state index contributed by atoms with van der Waals surface area (Å²) in [4.78, 5) is 16.3. The molecule has 0 saturated heterocycles. The van der Waals surface area contributed by atoms with Crippen molar-refractivity contribution >= 4 is 11.8 Å². The van der Waals surface area contributed by atoms with Gasteiger partial charge in [-0.3, -0.25) is 0 Å². The van der Waals surface area contributed by atoms with Crippen molar-refractivity contribution in [2.24, 2.45) is 11.8 Å². The Bertz CT molecular complexity index is 462. The average molecular weight is 276 g/mol. The number of aromatic nitrogens is 1. The largest absolute Gasteiger partial charge is 0.462 e. The summed E-state index contributed by atoms with van der Waals surface area (Å²) in [5.74, 6) is 1.63. The van der Waals surface area contributed by atoms with Gasteiger partial charge in [-0.25, -0.2) is 9.78 Å². The van der Waals surface area contributed by atoms with Crippen LogP contribution < -0.4 is 5.32 Å². The van der Waals surface area contributed by atoms with Crippen LogP contribution >= 0.6 is 0 Å². The van der Waals surface area contributed by atoms with E-state index in [0.717, 1.165) is 6.42 Å². The highest BCUT2D eigenvalue weighted by atomic mass is 16.5. The van der Waals surface area contributed by atoms with Crippen LogP contribution in [0.5, 0.6) is 0 Å². The van der Waals surface area contributed by atoms with Gasteiger partial charge in [-0.2, -0.15) is 0 Å². The van der Waals surface area contributed by atoms with Gasteiger partial charge in [0.05, 0.1) is 6.61 Å². The quantitative estimate of drug-likeness (QED) is 0.855. The fourth-order valence-electron chi connectivity index (χ4n) is 2.86. The normalized spacial score (nSPS) is 26.1. The molecule has 0 amide bonds. The van der Waals surface area contributed by atoms with Crippen molar-refractivity contribution in [1.29, 1.82) is 0 Å². The number of anilines is 1. The molecule has 0 aliphatic heterocycles. The number of pyridine rings is 1. The molecule has 1 N–H and O–H groups in total. The number of carbonyl (C=O) groups excluding carboxylic acids is 1. The van der Waals surface area contributed by atoms with E-state index in [-0.39, 0.29) is 5.97 Å². The van der Waals surface area contributed by atoms with E-state index in [1.807, 2.05) is 6.92 Å². The predicted octanol–water partition coefficient (Wildman–Crippen LogP) is 3.49. The van der Waals surface area contributed by atoms with E-state index in [2.05, 4.69) is 24.1 Å². The molecule has 110 valence electrons. The minimum Gasteiger partial charge on any atom is -0.462 e. The standard InChI is InChI=1S/C16H24N2O2/c1-4-20-16(19)13-8-6-10-17-15(13)18-14-9-5-7-11(2)12(14)3/h6,8,10-12,14H,4-5,7,9H2,1-3H3,(H,17,18). The summed E-state index contributed by atoms with van der Waals surface area (Å²) in [7, 11) is 0. The van der Waals surface area contributed by atoms with Crippen LogP contribution in [-0.4, -0.2) is 23.6 Å². The molecule has 0 aromatic carbocycles. The first-order chi connectivity index (χ1) is 9.63. The molecule has 3 unspecified atom stereocenters. The van der Waals surface area contributed by atoms with Crippen molar-refractivity contribution in [1.82, 2.24) is 4.98 Å². The van der Waals surface area contributed by atoms with Crippen LogP contribution in [0.2, 0.25) is 0 Å². The fourth-order valence-corrected chi connectivity index (χ4v) is 2.86. The molecule has 0 radical (unpaired) electrons. The number of nitrogens with one attached hydrogen (secondary N) is 1. The molecule has 4 nitrogen and oxygen atoms in total. The second-order valence-corrected chi connectivity index (χ2v) is 5.64. The monoisotopic (exact) mass is 276 g/mol. The molecule has 3 atom stereocenters. The molecule has 1 aliphatic carbocycles. The van der Waals surface area contributed by atoms with Crippen LogP contribution in [-0.2, 0) is 4.74 Å². The van der Waals surface area contributed by atoms with E-state index in [1.54, 1.807) is 18.3 Å². The van der Waals surface area contributed by atoms with Gasteiger partial charge in [0.1, 0.15) is 11.4 Å². The summed E-state index contributed by atoms with van der Waals surface area (Å²) in [5.41, 5.74) is 0.528. The zero-order valence-electron chi connectivity index (χ0n) is 12.6. The second-order valence-electron chi connectivity index (χ2n) is 5.64. The number of rotatable bonds is 4. The van der Waals surface area contributed by atoms with E-state index in [4.69, 9.17) is 4.74 Å². The molecule has 1 aliphatic rings. The first-order valence-corrected chi connectivity index (χ1v) is 7.52. The predicted molar refractivity (Wildman–Crippen MR) is 79.8 cm³/mol. The molecule has 0 spiro atoms. The van der Waals surface area contributed by atoms with Gasteiger partial charge in [0.2, 0.25) is 0 Å². The molecular weight excluding hydrogens is 252 g/mol. The Hall–Kier alpha value is -1.58. The van der Waals surface area contributed by atoms with Gasteiger partial charge < -0.3 is 10.1 Å². The Kier molecular flexibility index (Phi) is 4.99. The molecule has 0 bridgehead atoms. The number of carbonyl (C=O) groups is 1.